The Bertz CT molecular complexity index is 1600. The molecular weight excluding hydrogens is 491 g/mol. The van der Waals surface area contributed by atoms with E-state index in [-0.39, 0.29) is 16.7 Å². The summed E-state index contributed by atoms with van der Waals surface area (Å²) in [6.07, 6.45) is 4.68. The Balaban J connectivity index is 1.40. The Morgan fingerprint density at radius 1 is 0.474 bits per heavy atom. The first-order chi connectivity index (χ1) is 18.4. The fourth-order valence-electron chi connectivity index (χ4n) is 4.76. The zero-order valence-electron chi connectivity index (χ0n) is 20.8. The van der Waals surface area contributed by atoms with Gasteiger partial charge in [0, 0.05) is 11.1 Å². The topological polar surface area (TPSA) is 0 Å². The summed E-state index contributed by atoms with van der Waals surface area (Å²) >= 11 is 0. The highest BCUT2D eigenvalue weighted by atomic mass is 19.2. The number of benzene rings is 5. The minimum Gasteiger partial charge on any atom is -0.204 e. The smallest absolute Gasteiger partial charge is 0.194 e. The summed E-state index contributed by atoms with van der Waals surface area (Å²) in [4.78, 5) is 0. The quantitative estimate of drug-likeness (QED) is 0.115. The molecule has 0 unspecified atom stereocenters. The van der Waals surface area contributed by atoms with Gasteiger partial charge in [0.25, 0.3) is 0 Å². The number of hydrogen-bond acceptors (Lipinski definition) is 0. The maximum atomic E-state index is 15.0. The van der Waals surface area contributed by atoms with E-state index in [9.17, 15) is 17.6 Å². The molecule has 0 fully saturated rings. The van der Waals surface area contributed by atoms with Crippen molar-refractivity contribution in [1.29, 1.82) is 0 Å². The van der Waals surface area contributed by atoms with Crippen molar-refractivity contribution in [1.82, 2.24) is 0 Å². The largest absolute Gasteiger partial charge is 0.204 e. The molecule has 0 heterocycles. The van der Waals surface area contributed by atoms with E-state index in [0.717, 1.165) is 22.9 Å². The van der Waals surface area contributed by atoms with E-state index in [4.69, 9.17) is 0 Å². The monoisotopic (exact) mass is 516 g/mol. The molecule has 5 heteroatoms. The maximum Gasteiger partial charge on any atom is 0.194 e. The maximum absolute atomic E-state index is 15.0. The van der Waals surface area contributed by atoms with Crippen molar-refractivity contribution >= 4 is 10.8 Å². The van der Waals surface area contributed by atoms with Crippen LogP contribution < -0.4 is 0 Å². The van der Waals surface area contributed by atoms with Gasteiger partial charge < -0.3 is 0 Å². The van der Waals surface area contributed by atoms with Crippen LogP contribution in [0.3, 0.4) is 0 Å². The zero-order valence-corrected chi connectivity index (χ0v) is 20.8. The van der Waals surface area contributed by atoms with Gasteiger partial charge in [-0.3, -0.25) is 0 Å². The average molecular weight is 517 g/mol. The molecule has 0 aliphatic rings. The van der Waals surface area contributed by atoms with Crippen molar-refractivity contribution in [2.45, 2.75) is 32.6 Å². The predicted octanol–water partition coefficient (Wildman–Crippen LogP) is 10.3. The van der Waals surface area contributed by atoms with Crippen LogP contribution in [0.4, 0.5) is 22.0 Å². The molecule has 0 bridgehead atoms. The molecule has 0 saturated carbocycles. The molecule has 0 aliphatic carbocycles. The first-order valence-electron chi connectivity index (χ1n) is 12.6. The third-order valence-corrected chi connectivity index (χ3v) is 6.88. The first-order valence-corrected chi connectivity index (χ1v) is 12.6. The summed E-state index contributed by atoms with van der Waals surface area (Å²) in [5.74, 6) is -7.02. The lowest BCUT2D eigenvalue weighted by Gasteiger charge is -2.11. The van der Waals surface area contributed by atoms with Crippen LogP contribution in [0.2, 0.25) is 0 Å². The molecule has 0 aromatic heterocycles. The third-order valence-electron chi connectivity index (χ3n) is 6.88. The number of halogens is 5. The number of fused-ring (bicyclic) bond motifs is 1. The van der Waals surface area contributed by atoms with Crippen LogP contribution in [0, 0.1) is 29.1 Å². The lowest BCUT2D eigenvalue weighted by molar-refractivity contribution is 0.447. The highest BCUT2D eigenvalue weighted by Crippen LogP contribution is 2.34. The molecule has 0 amide bonds. The van der Waals surface area contributed by atoms with E-state index in [1.54, 1.807) is 12.1 Å². The molecule has 0 radical (unpaired) electrons. The molecule has 192 valence electrons. The van der Waals surface area contributed by atoms with E-state index in [0.29, 0.717) is 17.7 Å². The Labute approximate surface area is 218 Å². The molecule has 5 aromatic carbocycles. The number of aryl methyl sites for hydroxylation is 1. The minimum absolute atomic E-state index is 0.00923. The third kappa shape index (κ3) is 5.06. The average Bonchev–Trinajstić information content (AvgIpc) is 2.93. The molecule has 0 aliphatic heterocycles. The summed E-state index contributed by atoms with van der Waals surface area (Å²) in [7, 11) is 0. The molecule has 0 N–H and O–H groups in total. The Morgan fingerprint density at radius 2 is 1.03 bits per heavy atom. The fraction of sp³-hybridized carbons (Fsp3) is 0.152. The van der Waals surface area contributed by atoms with E-state index >= 15 is 4.39 Å². The highest BCUT2D eigenvalue weighted by Gasteiger charge is 2.19. The van der Waals surface area contributed by atoms with Crippen LogP contribution in [0.25, 0.3) is 44.2 Å². The van der Waals surface area contributed by atoms with Crippen LogP contribution in [0.5, 0.6) is 0 Å². The van der Waals surface area contributed by atoms with Gasteiger partial charge in [-0.25, -0.2) is 22.0 Å². The Hall–Kier alpha value is -3.99. The number of rotatable bonds is 7. The second kappa shape index (κ2) is 10.8. The summed E-state index contributed by atoms with van der Waals surface area (Å²) in [6.45, 7) is 2.20. The summed E-state index contributed by atoms with van der Waals surface area (Å²) in [5, 5.41) is 2.31. The summed E-state index contributed by atoms with van der Waals surface area (Å²) in [6, 6.07) is 23.7. The summed E-state index contributed by atoms with van der Waals surface area (Å²) in [5.41, 5.74) is 3.08. The first kappa shape index (κ1) is 25.7. The zero-order chi connectivity index (χ0) is 26.8. The number of unbranched alkanes of at least 4 members (excludes halogenated alkanes) is 2. The van der Waals surface area contributed by atoms with Crippen LogP contribution in [0.15, 0.2) is 84.9 Å². The molecule has 0 nitrogen and oxygen atoms in total. The van der Waals surface area contributed by atoms with Gasteiger partial charge >= 0.3 is 0 Å². The second-order valence-corrected chi connectivity index (χ2v) is 9.47. The van der Waals surface area contributed by atoms with E-state index < -0.39 is 29.1 Å². The molecule has 0 saturated heterocycles. The van der Waals surface area contributed by atoms with Crippen molar-refractivity contribution in [3.8, 4) is 33.4 Å². The van der Waals surface area contributed by atoms with Gasteiger partial charge in [-0.05, 0) is 69.6 Å². The van der Waals surface area contributed by atoms with Crippen molar-refractivity contribution in [2.75, 3.05) is 0 Å². The molecular formula is C33H25F5. The fourth-order valence-corrected chi connectivity index (χ4v) is 4.76. The van der Waals surface area contributed by atoms with Crippen LogP contribution in [0.1, 0.15) is 31.7 Å². The molecule has 5 rings (SSSR count). The SMILES string of the molecule is CCCCCc1ccc2cc(-c3ccc(-c4ccc(-c5cc(F)c(F)c(F)c5)c(F)c4F)cc3)ccc2c1. The van der Waals surface area contributed by atoms with Gasteiger partial charge in [0.05, 0.1) is 0 Å². The van der Waals surface area contributed by atoms with Crippen molar-refractivity contribution in [3.63, 3.8) is 0 Å². The van der Waals surface area contributed by atoms with Crippen LogP contribution >= 0.6 is 0 Å². The molecule has 0 spiro atoms. The van der Waals surface area contributed by atoms with E-state index in [1.165, 1.54) is 42.3 Å². The van der Waals surface area contributed by atoms with Gasteiger partial charge in [-0.15, -0.1) is 0 Å². The van der Waals surface area contributed by atoms with E-state index in [2.05, 4.69) is 37.3 Å². The lowest BCUT2D eigenvalue weighted by Crippen LogP contribution is -1.97. The Morgan fingerprint density at radius 3 is 1.68 bits per heavy atom. The van der Waals surface area contributed by atoms with E-state index in [1.807, 2.05) is 18.2 Å². The van der Waals surface area contributed by atoms with Crippen molar-refractivity contribution in [2.24, 2.45) is 0 Å². The molecule has 0 atom stereocenters. The van der Waals surface area contributed by atoms with Gasteiger partial charge in [0.15, 0.2) is 29.1 Å². The normalized spacial score (nSPS) is 11.3. The van der Waals surface area contributed by atoms with Gasteiger partial charge in [0.2, 0.25) is 0 Å². The minimum atomic E-state index is -1.66. The van der Waals surface area contributed by atoms with Gasteiger partial charge in [0.1, 0.15) is 0 Å². The van der Waals surface area contributed by atoms with Gasteiger partial charge in [-0.2, -0.15) is 0 Å². The van der Waals surface area contributed by atoms with Gasteiger partial charge in [-0.1, -0.05) is 86.5 Å². The van der Waals surface area contributed by atoms with Crippen LogP contribution in [-0.4, -0.2) is 0 Å². The molecule has 5 aromatic rings. The lowest BCUT2D eigenvalue weighted by atomic mass is 9.95. The standard InChI is InChI=1S/C33H25F5/c1-2-3-4-5-20-6-7-25-17-24(13-12-23(25)16-20)21-8-10-22(11-9-21)27-14-15-28(32(37)31(27)36)26-18-29(34)33(38)30(35)19-26/h6-19H,2-5H2,1H3. The predicted molar refractivity (Wildman–Crippen MR) is 143 cm³/mol. The Kier molecular flexibility index (Phi) is 7.28. The molecule has 38 heavy (non-hydrogen) atoms. The van der Waals surface area contributed by atoms with Crippen molar-refractivity contribution < 1.29 is 22.0 Å². The highest BCUT2D eigenvalue weighted by molar-refractivity contribution is 5.88. The number of hydrogen-bond donors (Lipinski definition) is 0. The second-order valence-electron chi connectivity index (χ2n) is 9.47. The van der Waals surface area contributed by atoms with Crippen molar-refractivity contribution in [3.05, 3.63) is 120 Å². The summed E-state index contributed by atoms with van der Waals surface area (Å²) < 4.78 is 70.4. The van der Waals surface area contributed by atoms with Crippen LogP contribution in [-0.2, 0) is 6.42 Å².